The summed E-state index contributed by atoms with van der Waals surface area (Å²) in [6.45, 7) is 4.66. The minimum atomic E-state index is -4.54. The molecule has 1 aliphatic rings. The molecule has 7 heteroatoms. The second-order valence-corrected chi connectivity index (χ2v) is 5.37. The molecule has 0 saturated heterocycles. The molecular weight excluding hydrogens is 269 g/mol. The predicted octanol–water partition coefficient (Wildman–Crippen LogP) is 3.16. The van der Waals surface area contributed by atoms with Gasteiger partial charge in [-0.15, -0.1) is 0 Å². The summed E-state index contributed by atoms with van der Waals surface area (Å²) < 4.78 is 38.6. The number of hydrogen-bond donors (Lipinski definition) is 1. The maximum atomic E-state index is 12.9. The topological polar surface area (TPSA) is 41.0 Å². The average Bonchev–Trinajstić information content (AvgIpc) is 3.17. The number of nitrogens with zero attached hydrogens (tertiary/aromatic N) is 3. The van der Waals surface area contributed by atoms with Gasteiger partial charge in [-0.25, -0.2) is 9.97 Å². The van der Waals surface area contributed by atoms with E-state index < -0.39 is 12.0 Å². The predicted molar refractivity (Wildman–Crippen MR) is 71.8 cm³/mol. The molecule has 0 unspecified atom stereocenters. The fourth-order valence-electron chi connectivity index (χ4n) is 1.98. The van der Waals surface area contributed by atoms with Crippen molar-refractivity contribution < 1.29 is 13.2 Å². The maximum absolute atomic E-state index is 12.9. The maximum Gasteiger partial charge on any atom is 0.451 e. The molecule has 0 atom stereocenters. The van der Waals surface area contributed by atoms with Gasteiger partial charge in [-0.05, 0) is 32.6 Å². The van der Waals surface area contributed by atoms with Gasteiger partial charge in [0.15, 0.2) is 0 Å². The van der Waals surface area contributed by atoms with Crippen LogP contribution in [-0.2, 0) is 6.18 Å². The number of nitrogens with one attached hydrogen (secondary N) is 1. The molecule has 2 rings (SSSR count). The molecule has 0 radical (unpaired) electrons. The molecule has 1 aromatic rings. The lowest BCUT2D eigenvalue weighted by molar-refractivity contribution is -0.144. The summed E-state index contributed by atoms with van der Waals surface area (Å²) in [6.07, 6.45) is -2.26. The minimum Gasteiger partial charge on any atom is -0.373 e. The van der Waals surface area contributed by atoms with Crippen LogP contribution in [-0.4, -0.2) is 29.6 Å². The first-order valence-electron chi connectivity index (χ1n) is 6.72. The van der Waals surface area contributed by atoms with Gasteiger partial charge < -0.3 is 10.2 Å². The third kappa shape index (κ3) is 3.52. The number of hydrogen-bond acceptors (Lipinski definition) is 4. The Balaban J connectivity index is 2.36. The molecule has 1 fully saturated rings. The number of rotatable bonds is 5. The highest BCUT2D eigenvalue weighted by Gasteiger charge is 2.36. The van der Waals surface area contributed by atoms with Crippen LogP contribution in [0, 0.1) is 5.92 Å². The summed E-state index contributed by atoms with van der Waals surface area (Å²) in [5.41, 5.74) is 0. The number of halogens is 3. The van der Waals surface area contributed by atoms with Gasteiger partial charge in [0.2, 0.25) is 5.82 Å². The molecule has 0 aliphatic heterocycles. The lowest BCUT2D eigenvalue weighted by Crippen LogP contribution is -2.34. The van der Waals surface area contributed by atoms with Crippen LogP contribution >= 0.6 is 0 Å². The molecule has 1 heterocycles. The van der Waals surface area contributed by atoms with Crippen LogP contribution in [0.5, 0.6) is 0 Å². The molecule has 1 N–H and O–H groups in total. The standard InChI is InChI=1S/C13H19F3N4/c1-8(2)20(7-9-4-5-9)11-6-10(17-3)18-12(19-11)13(14,15)16/h6,8-9H,4-5,7H2,1-3H3,(H,17,18,19). The van der Waals surface area contributed by atoms with Gasteiger partial charge in [-0.1, -0.05) is 0 Å². The summed E-state index contributed by atoms with van der Waals surface area (Å²) in [4.78, 5) is 9.10. The van der Waals surface area contributed by atoms with Gasteiger partial charge in [0.05, 0.1) is 0 Å². The van der Waals surface area contributed by atoms with Gasteiger partial charge in [0.25, 0.3) is 0 Å². The van der Waals surface area contributed by atoms with Crippen molar-refractivity contribution in [3.05, 3.63) is 11.9 Å². The summed E-state index contributed by atoms with van der Waals surface area (Å²) in [5.74, 6) is -0.0112. The Morgan fingerprint density at radius 3 is 2.45 bits per heavy atom. The van der Waals surface area contributed by atoms with Crippen molar-refractivity contribution in [2.45, 2.75) is 38.9 Å². The SMILES string of the molecule is CNc1cc(N(CC2CC2)C(C)C)nc(C(F)(F)F)n1. The third-order valence-corrected chi connectivity index (χ3v) is 3.29. The number of anilines is 2. The van der Waals surface area contributed by atoms with E-state index in [1.165, 1.54) is 0 Å². The van der Waals surface area contributed by atoms with E-state index in [4.69, 9.17) is 0 Å². The first-order chi connectivity index (χ1) is 9.31. The second kappa shape index (κ2) is 5.46. The third-order valence-electron chi connectivity index (χ3n) is 3.29. The zero-order valence-electron chi connectivity index (χ0n) is 11.8. The number of aromatic nitrogens is 2. The van der Waals surface area contributed by atoms with E-state index in [9.17, 15) is 13.2 Å². The lowest BCUT2D eigenvalue weighted by atomic mass is 10.2. The van der Waals surface area contributed by atoms with E-state index >= 15 is 0 Å². The Bertz CT molecular complexity index is 469. The Kier molecular flexibility index (Phi) is 4.06. The fraction of sp³-hybridized carbons (Fsp3) is 0.692. The molecule has 0 amide bonds. The van der Waals surface area contributed by atoms with Crippen LogP contribution in [0.25, 0.3) is 0 Å². The highest BCUT2D eigenvalue weighted by molar-refractivity contribution is 5.50. The molecule has 1 aromatic heterocycles. The smallest absolute Gasteiger partial charge is 0.373 e. The van der Waals surface area contributed by atoms with Crippen LogP contribution in [0.3, 0.4) is 0 Å². The van der Waals surface area contributed by atoms with Crippen molar-refractivity contribution in [1.82, 2.24) is 9.97 Å². The Morgan fingerprint density at radius 1 is 1.35 bits per heavy atom. The van der Waals surface area contributed by atoms with E-state index in [0.29, 0.717) is 11.7 Å². The molecule has 0 aromatic carbocycles. The van der Waals surface area contributed by atoms with Gasteiger partial charge in [-0.3, -0.25) is 0 Å². The largest absolute Gasteiger partial charge is 0.451 e. The number of alkyl halides is 3. The summed E-state index contributed by atoms with van der Waals surface area (Å²) >= 11 is 0. The van der Waals surface area contributed by atoms with Gasteiger partial charge in [0, 0.05) is 25.7 Å². The lowest BCUT2D eigenvalue weighted by Gasteiger charge is -2.28. The first kappa shape index (κ1) is 14.9. The Hall–Kier alpha value is -1.53. The van der Waals surface area contributed by atoms with Crippen LogP contribution in [0.1, 0.15) is 32.5 Å². The fourth-order valence-corrected chi connectivity index (χ4v) is 1.98. The Morgan fingerprint density at radius 2 is 2.00 bits per heavy atom. The normalized spacial score (nSPS) is 15.6. The van der Waals surface area contributed by atoms with Crippen LogP contribution in [0.15, 0.2) is 6.07 Å². The van der Waals surface area contributed by atoms with Gasteiger partial charge in [-0.2, -0.15) is 13.2 Å². The highest BCUT2D eigenvalue weighted by atomic mass is 19.4. The van der Waals surface area contributed by atoms with Crippen LogP contribution in [0.2, 0.25) is 0 Å². The molecule has 1 saturated carbocycles. The van der Waals surface area contributed by atoms with Crippen molar-refractivity contribution >= 4 is 11.6 Å². The van der Waals surface area contributed by atoms with E-state index in [0.717, 1.165) is 19.4 Å². The second-order valence-electron chi connectivity index (χ2n) is 5.37. The van der Waals surface area contributed by atoms with Gasteiger partial charge >= 0.3 is 6.18 Å². The summed E-state index contributed by atoms with van der Waals surface area (Å²) in [5, 5.41) is 2.66. The Labute approximate surface area is 116 Å². The summed E-state index contributed by atoms with van der Waals surface area (Å²) in [7, 11) is 1.55. The molecule has 0 spiro atoms. The molecular formula is C13H19F3N4. The zero-order valence-corrected chi connectivity index (χ0v) is 11.8. The van der Waals surface area contributed by atoms with E-state index in [1.54, 1.807) is 13.1 Å². The quantitative estimate of drug-likeness (QED) is 0.903. The first-order valence-corrected chi connectivity index (χ1v) is 6.72. The molecule has 112 valence electrons. The zero-order chi connectivity index (χ0) is 14.9. The van der Waals surface area contributed by atoms with E-state index in [1.807, 2.05) is 18.7 Å². The van der Waals surface area contributed by atoms with Crippen molar-refractivity contribution in [3.63, 3.8) is 0 Å². The monoisotopic (exact) mass is 288 g/mol. The van der Waals surface area contributed by atoms with Crippen molar-refractivity contribution in [1.29, 1.82) is 0 Å². The molecule has 1 aliphatic carbocycles. The molecule has 20 heavy (non-hydrogen) atoms. The van der Waals surface area contributed by atoms with E-state index in [-0.39, 0.29) is 11.9 Å². The molecule has 4 nitrogen and oxygen atoms in total. The van der Waals surface area contributed by atoms with Gasteiger partial charge in [0.1, 0.15) is 11.6 Å². The van der Waals surface area contributed by atoms with Crippen molar-refractivity contribution in [2.75, 3.05) is 23.8 Å². The van der Waals surface area contributed by atoms with E-state index in [2.05, 4.69) is 15.3 Å². The minimum absolute atomic E-state index is 0.0938. The summed E-state index contributed by atoms with van der Waals surface area (Å²) in [6, 6.07) is 1.66. The average molecular weight is 288 g/mol. The van der Waals surface area contributed by atoms with Crippen molar-refractivity contribution in [2.24, 2.45) is 5.92 Å². The van der Waals surface area contributed by atoms with Crippen molar-refractivity contribution in [3.8, 4) is 0 Å². The highest BCUT2D eigenvalue weighted by Crippen LogP contribution is 2.34. The van der Waals surface area contributed by atoms with Crippen LogP contribution in [0.4, 0.5) is 24.8 Å². The molecule has 0 bridgehead atoms. The van der Waals surface area contributed by atoms with Crippen LogP contribution < -0.4 is 10.2 Å².